The van der Waals surface area contributed by atoms with E-state index in [-0.39, 0.29) is 29.3 Å². The van der Waals surface area contributed by atoms with Gasteiger partial charge >= 0.3 is 0 Å². The van der Waals surface area contributed by atoms with E-state index in [1.807, 2.05) is 6.07 Å². The molecular weight excluding hydrogens is 368 g/mol. The highest BCUT2D eigenvalue weighted by Crippen LogP contribution is 2.27. The lowest BCUT2D eigenvalue weighted by Crippen LogP contribution is -2.46. The zero-order valence-electron chi connectivity index (χ0n) is 14.4. The molecule has 3 rings (SSSR count). The van der Waals surface area contributed by atoms with Crippen molar-refractivity contribution in [2.45, 2.75) is 11.3 Å². The second kappa shape index (κ2) is 7.47. The van der Waals surface area contributed by atoms with Crippen molar-refractivity contribution < 1.29 is 17.9 Å². The van der Waals surface area contributed by atoms with Crippen LogP contribution in [0.15, 0.2) is 57.8 Å². The lowest BCUT2D eigenvalue weighted by Gasteiger charge is -2.24. The van der Waals surface area contributed by atoms with Crippen LogP contribution in [0.25, 0.3) is 0 Å². The summed E-state index contributed by atoms with van der Waals surface area (Å²) in [6.45, 7) is 0.0695. The van der Waals surface area contributed by atoms with Gasteiger partial charge < -0.3 is 4.74 Å². The highest BCUT2D eigenvalue weighted by molar-refractivity contribution is 7.90. The van der Waals surface area contributed by atoms with E-state index in [0.717, 1.165) is 0 Å². The van der Waals surface area contributed by atoms with E-state index in [1.54, 1.807) is 42.5 Å². The lowest BCUT2D eigenvalue weighted by atomic mass is 10.2. The van der Waals surface area contributed by atoms with Crippen LogP contribution in [0.2, 0.25) is 0 Å². The number of sulfonamides is 1. The van der Waals surface area contributed by atoms with Gasteiger partial charge in [0, 0.05) is 5.56 Å². The van der Waals surface area contributed by atoms with E-state index in [1.165, 1.54) is 18.2 Å². The monoisotopic (exact) mass is 384 g/mol. The van der Waals surface area contributed by atoms with E-state index in [4.69, 9.17) is 10.00 Å². The molecule has 0 aliphatic carbocycles. The molecule has 1 amide bonds. The molecule has 8 nitrogen and oxygen atoms in total. The van der Waals surface area contributed by atoms with Gasteiger partial charge in [-0.05, 0) is 24.3 Å². The third kappa shape index (κ3) is 3.61. The highest BCUT2D eigenvalue weighted by atomic mass is 32.2. The molecule has 1 aliphatic heterocycles. The molecule has 0 spiro atoms. The number of nitrogens with zero attached hydrogens (tertiary/aromatic N) is 3. The Morgan fingerprint density at radius 3 is 2.67 bits per heavy atom. The average Bonchev–Trinajstić information content (AvgIpc) is 2.96. The summed E-state index contributed by atoms with van der Waals surface area (Å²) in [5, 5.41) is 10.2. The summed E-state index contributed by atoms with van der Waals surface area (Å²) in [4.78, 5) is 12.8. The number of benzene rings is 2. The van der Waals surface area contributed by atoms with Crippen molar-refractivity contribution in [3.8, 4) is 11.8 Å². The van der Waals surface area contributed by atoms with Crippen molar-refractivity contribution in [3.63, 3.8) is 0 Å². The molecule has 0 fully saturated rings. The van der Waals surface area contributed by atoms with Crippen molar-refractivity contribution in [2.24, 2.45) is 4.40 Å². The van der Waals surface area contributed by atoms with Gasteiger partial charge in [0.25, 0.3) is 15.9 Å². The fraction of sp³-hybridized carbons (Fsp3) is 0.167. The average molecular weight is 384 g/mol. The van der Waals surface area contributed by atoms with Gasteiger partial charge in [0.15, 0.2) is 5.84 Å². The fourth-order valence-electron chi connectivity index (χ4n) is 2.67. The third-order valence-corrected chi connectivity index (χ3v) is 5.23. The van der Waals surface area contributed by atoms with Gasteiger partial charge in [0.05, 0.1) is 31.7 Å². The minimum Gasteiger partial charge on any atom is -0.496 e. The molecule has 138 valence electrons. The molecule has 0 radical (unpaired) electrons. The second-order valence-corrected chi connectivity index (χ2v) is 7.16. The van der Waals surface area contributed by atoms with Crippen LogP contribution >= 0.6 is 0 Å². The quantitative estimate of drug-likeness (QED) is 0.803. The standard InChI is InChI=1S/C18H16N4O4S/c1-26-15-9-4-2-7-13(15)18(23)20-22(12-6-11-19)17-14-8-3-5-10-16(14)27(24,25)21-17/h2-5,7-10H,6,12H2,1H3,(H,20,23). The number of rotatable bonds is 4. The number of ether oxygens (including phenoxy) is 1. The first kappa shape index (κ1) is 18.4. The Morgan fingerprint density at radius 2 is 1.93 bits per heavy atom. The molecule has 2 aromatic carbocycles. The number of carbonyl (C=O) groups excluding carboxylic acids is 1. The molecule has 1 heterocycles. The minimum absolute atomic E-state index is 0.0629. The maximum absolute atomic E-state index is 12.7. The molecular formula is C18H16N4O4S. The van der Waals surface area contributed by atoms with Crippen LogP contribution in [0.3, 0.4) is 0 Å². The summed E-state index contributed by atoms with van der Waals surface area (Å²) in [6, 6.07) is 14.9. The van der Waals surface area contributed by atoms with Crippen LogP contribution < -0.4 is 10.2 Å². The van der Waals surface area contributed by atoms with Crippen LogP contribution in [0.5, 0.6) is 5.75 Å². The van der Waals surface area contributed by atoms with Gasteiger partial charge in [-0.3, -0.25) is 15.2 Å². The van der Waals surface area contributed by atoms with Crippen LogP contribution in [-0.2, 0) is 10.0 Å². The summed E-state index contributed by atoms with van der Waals surface area (Å²) in [7, 11) is -2.40. The molecule has 1 aliphatic rings. The molecule has 0 unspecified atom stereocenters. The Bertz CT molecular complexity index is 1060. The number of carbonyl (C=O) groups is 1. The van der Waals surface area contributed by atoms with Gasteiger partial charge in [0.2, 0.25) is 0 Å². The third-order valence-electron chi connectivity index (χ3n) is 3.90. The number of amidine groups is 1. The topological polar surface area (TPSA) is 112 Å². The first-order valence-electron chi connectivity index (χ1n) is 8.01. The largest absolute Gasteiger partial charge is 0.496 e. The van der Waals surface area contributed by atoms with E-state index >= 15 is 0 Å². The second-order valence-electron chi connectivity index (χ2n) is 5.59. The number of hydrogen-bond acceptors (Lipinski definition) is 6. The zero-order chi connectivity index (χ0) is 19.4. The normalized spacial score (nSPS) is 13.9. The van der Waals surface area contributed by atoms with Crippen LogP contribution in [0, 0.1) is 11.3 Å². The molecule has 0 saturated heterocycles. The maximum Gasteiger partial charge on any atom is 0.285 e. The number of para-hydroxylation sites is 1. The summed E-state index contributed by atoms with van der Waals surface area (Å²) in [6.07, 6.45) is 0.0629. The van der Waals surface area contributed by atoms with E-state index in [2.05, 4.69) is 9.82 Å². The minimum atomic E-state index is -3.85. The van der Waals surface area contributed by atoms with Gasteiger partial charge in [-0.2, -0.15) is 13.7 Å². The van der Waals surface area contributed by atoms with Gasteiger partial charge in [-0.15, -0.1) is 4.40 Å². The first-order valence-corrected chi connectivity index (χ1v) is 9.45. The number of nitriles is 1. The van der Waals surface area contributed by atoms with E-state index < -0.39 is 15.9 Å². The van der Waals surface area contributed by atoms with Crippen LogP contribution in [0.1, 0.15) is 22.3 Å². The van der Waals surface area contributed by atoms with E-state index in [0.29, 0.717) is 11.3 Å². The summed E-state index contributed by atoms with van der Waals surface area (Å²) in [5.74, 6) is -0.0596. The Balaban J connectivity index is 1.96. The number of hydrogen-bond donors (Lipinski definition) is 1. The van der Waals surface area contributed by atoms with Crippen LogP contribution in [0.4, 0.5) is 0 Å². The zero-order valence-corrected chi connectivity index (χ0v) is 15.2. The number of nitrogens with one attached hydrogen (secondary N) is 1. The molecule has 1 N–H and O–H groups in total. The first-order chi connectivity index (χ1) is 13.0. The van der Waals surface area contributed by atoms with Crippen molar-refractivity contribution >= 4 is 21.8 Å². The molecule has 0 aromatic heterocycles. The highest BCUT2D eigenvalue weighted by Gasteiger charge is 2.32. The lowest BCUT2D eigenvalue weighted by molar-refractivity contribution is 0.0869. The predicted octanol–water partition coefficient (Wildman–Crippen LogP) is 1.70. The van der Waals surface area contributed by atoms with Gasteiger partial charge in [-0.25, -0.2) is 0 Å². The molecule has 2 aromatic rings. The SMILES string of the molecule is COc1ccccc1C(=O)NN(CCC#N)C1=NS(=O)(=O)c2ccccc21. The van der Waals surface area contributed by atoms with Crippen molar-refractivity contribution in [1.82, 2.24) is 10.4 Å². The summed E-state index contributed by atoms with van der Waals surface area (Å²) >= 11 is 0. The molecule has 0 bridgehead atoms. The molecule has 0 saturated carbocycles. The fourth-order valence-corrected chi connectivity index (χ4v) is 3.89. The number of hydrazine groups is 1. The Kier molecular flexibility index (Phi) is 5.09. The van der Waals surface area contributed by atoms with Crippen molar-refractivity contribution in [3.05, 3.63) is 59.7 Å². The van der Waals surface area contributed by atoms with Crippen LogP contribution in [-0.4, -0.2) is 38.8 Å². The van der Waals surface area contributed by atoms with E-state index in [9.17, 15) is 13.2 Å². The molecule has 27 heavy (non-hydrogen) atoms. The van der Waals surface area contributed by atoms with Gasteiger partial charge in [0.1, 0.15) is 10.6 Å². The number of methoxy groups -OCH3 is 1. The summed E-state index contributed by atoms with van der Waals surface area (Å²) < 4.78 is 33.5. The van der Waals surface area contributed by atoms with Gasteiger partial charge in [-0.1, -0.05) is 24.3 Å². The van der Waals surface area contributed by atoms with Crippen molar-refractivity contribution in [2.75, 3.05) is 13.7 Å². The van der Waals surface area contributed by atoms with Crippen molar-refractivity contribution in [1.29, 1.82) is 5.26 Å². The molecule has 0 atom stereocenters. The maximum atomic E-state index is 12.7. The predicted molar refractivity (Wildman–Crippen MR) is 97.6 cm³/mol. The number of fused-ring (bicyclic) bond motifs is 1. The number of amides is 1. The molecule has 9 heteroatoms. The summed E-state index contributed by atoms with van der Waals surface area (Å²) in [5.41, 5.74) is 3.28. The Morgan fingerprint density at radius 1 is 1.22 bits per heavy atom. The smallest absolute Gasteiger partial charge is 0.285 e. The Labute approximate surface area is 156 Å². The Hall–Kier alpha value is -3.38.